The van der Waals surface area contributed by atoms with E-state index >= 15 is 0 Å². The minimum absolute atomic E-state index is 0.00863. The molecule has 0 aliphatic heterocycles. The number of ether oxygens (including phenoxy) is 1. The Hall–Kier alpha value is -1.49. The predicted molar refractivity (Wildman–Crippen MR) is 54.6 cm³/mol. The van der Waals surface area contributed by atoms with Gasteiger partial charge in [-0.05, 0) is 35.6 Å². The van der Waals surface area contributed by atoms with Gasteiger partial charge in [-0.2, -0.15) is 5.26 Å². The van der Waals surface area contributed by atoms with Gasteiger partial charge in [-0.3, -0.25) is 0 Å². The predicted octanol–water partition coefficient (Wildman–Crippen LogP) is 2.42. The molecule has 0 amide bonds. The minimum atomic E-state index is 0.00863. The molecule has 4 atom stereocenters. The third kappa shape index (κ3) is 0.587. The first-order valence-electron chi connectivity index (χ1n) is 5.42. The summed E-state index contributed by atoms with van der Waals surface area (Å²) in [6, 6.07) is 8.86. The van der Waals surface area contributed by atoms with Crippen LogP contribution in [0.4, 0.5) is 0 Å². The van der Waals surface area contributed by atoms with Crippen LogP contribution in [0.3, 0.4) is 0 Å². The summed E-state index contributed by atoms with van der Waals surface area (Å²) < 4.78 is 5.24. The molecular formula is C13H11NO. The van der Waals surface area contributed by atoms with Crippen molar-refractivity contribution in [3.8, 4) is 11.8 Å². The van der Waals surface area contributed by atoms with Gasteiger partial charge in [0.25, 0.3) is 0 Å². The summed E-state index contributed by atoms with van der Waals surface area (Å²) in [5.41, 5.74) is 2.80. The van der Waals surface area contributed by atoms with E-state index in [2.05, 4.69) is 18.2 Å². The number of benzene rings is 1. The Bertz CT molecular complexity index is 516. The molecule has 0 bridgehead atoms. The number of nitrogens with zero attached hydrogens (tertiary/aromatic N) is 1. The van der Waals surface area contributed by atoms with Crippen LogP contribution in [0.2, 0.25) is 0 Å². The van der Waals surface area contributed by atoms with Gasteiger partial charge in [0.1, 0.15) is 5.75 Å². The molecule has 0 heterocycles. The first-order valence-corrected chi connectivity index (χ1v) is 5.42. The lowest BCUT2D eigenvalue weighted by Gasteiger charge is -2.31. The van der Waals surface area contributed by atoms with Gasteiger partial charge < -0.3 is 4.74 Å². The van der Waals surface area contributed by atoms with Gasteiger partial charge in [-0.15, -0.1) is 0 Å². The molecule has 0 spiro atoms. The number of fused-ring (bicyclic) bond motifs is 4. The quantitative estimate of drug-likeness (QED) is 0.692. The minimum Gasteiger partial charge on any atom is -0.497 e. The van der Waals surface area contributed by atoms with Crippen LogP contribution in [-0.4, -0.2) is 7.11 Å². The Morgan fingerprint density at radius 3 is 3.07 bits per heavy atom. The van der Waals surface area contributed by atoms with Crippen LogP contribution in [0.15, 0.2) is 18.2 Å². The molecule has 2 saturated carbocycles. The van der Waals surface area contributed by atoms with E-state index in [-0.39, 0.29) is 5.41 Å². The van der Waals surface area contributed by atoms with E-state index in [1.807, 2.05) is 6.07 Å². The average molecular weight is 197 g/mol. The molecule has 2 nitrogen and oxygen atoms in total. The third-order valence-electron chi connectivity index (χ3n) is 4.69. The average Bonchev–Trinajstić information content (AvgIpc) is 2.71. The first-order chi connectivity index (χ1) is 7.32. The third-order valence-corrected chi connectivity index (χ3v) is 4.69. The highest BCUT2D eigenvalue weighted by Gasteiger charge is 2.81. The van der Waals surface area contributed by atoms with Crippen LogP contribution >= 0.6 is 0 Å². The molecule has 1 aromatic carbocycles. The molecule has 74 valence electrons. The highest BCUT2D eigenvalue weighted by Crippen LogP contribution is 2.87. The van der Waals surface area contributed by atoms with Crippen molar-refractivity contribution >= 4 is 0 Å². The highest BCUT2D eigenvalue weighted by atomic mass is 16.5. The maximum absolute atomic E-state index is 9.29. The molecule has 0 radical (unpaired) electrons. The summed E-state index contributed by atoms with van der Waals surface area (Å²) >= 11 is 0. The maximum Gasteiger partial charge on any atom is 0.119 e. The molecule has 2 fully saturated rings. The standard InChI is InChI=1S/C13H11NO/c1-15-7-2-3-8-9(4-7)12-11-5-10(8)13(11,12)6-14/h2-4,10-12H,5H2,1H3/t10-,11+,12-,13-/m1/s1. The maximum atomic E-state index is 9.29. The number of hydrogen-bond acceptors (Lipinski definition) is 2. The molecule has 2 heteroatoms. The SMILES string of the molecule is COc1ccc2c(c1)[C@@H]1[C@@H]3C[C@H]2[C@@]13C#N. The van der Waals surface area contributed by atoms with Crippen molar-refractivity contribution in [3.63, 3.8) is 0 Å². The van der Waals surface area contributed by atoms with Gasteiger partial charge in [-0.1, -0.05) is 6.07 Å². The Morgan fingerprint density at radius 1 is 1.47 bits per heavy atom. The molecular weight excluding hydrogens is 186 g/mol. The van der Waals surface area contributed by atoms with E-state index in [4.69, 9.17) is 4.74 Å². The van der Waals surface area contributed by atoms with E-state index in [0.717, 1.165) is 5.75 Å². The second-order valence-electron chi connectivity index (χ2n) is 4.91. The van der Waals surface area contributed by atoms with Gasteiger partial charge >= 0.3 is 0 Å². The molecule has 0 unspecified atom stereocenters. The van der Waals surface area contributed by atoms with Gasteiger partial charge in [0.05, 0.1) is 18.6 Å². The van der Waals surface area contributed by atoms with Crippen molar-refractivity contribution in [2.24, 2.45) is 11.3 Å². The number of rotatable bonds is 1. The van der Waals surface area contributed by atoms with Crippen molar-refractivity contribution in [1.82, 2.24) is 0 Å². The van der Waals surface area contributed by atoms with Crippen molar-refractivity contribution < 1.29 is 4.74 Å². The van der Waals surface area contributed by atoms with Crippen LogP contribution in [0.25, 0.3) is 0 Å². The largest absolute Gasteiger partial charge is 0.497 e. The van der Waals surface area contributed by atoms with E-state index in [0.29, 0.717) is 17.8 Å². The Morgan fingerprint density at radius 2 is 2.33 bits per heavy atom. The Labute approximate surface area is 88.5 Å². The summed E-state index contributed by atoms with van der Waals surface area (Å²) in [5, 5.41) is 9.29. The fourth-order valence-corrected chi connectivity index (χ4v) is 3.93. The molecule has 15 heavy (non-hydrogen) atoms. The second-order valence-corrected chi connectivity index (χ2v) is 4.91. The van der Waals surface area contributed by atoms with Crippen LogP contribution in [-0.2, 0) is 0 Å². The molecule has 0 aromatic heterocycles. The zero-order chi connectivity index (χ0) is 10.2. The summed E-state index contributed by atoms with van der Waals surface area (Å²) in [6.45, 7) is 0. The lowest BCUT2D eigenvalue weighted by Crippen LogP contribution is -2.24. The van der Waals surface area contributed by atoms with E-state index in [9.17, 15) is 5.26 Å². The normalized spacial score (nSPS) is 42.3. The van der Waals surface area contributed by atoms with Crippen LogP contribution in [0.5, 0.6) is 5.75 Å². The summed E-state index contributed by atoms with van der Waals surface area (Å²) in [6.07, 6.45) is 1.23. The van der Waals surface area contributed by atoms with Crippen molar-refractivity contribution in [3.05, 3.63) is 29.3 Å². The fourth-order valence-electron chi connectivity index (χ4n) is 3.93. The lowest BCUT2D eigenvalue weighted by molar-refractivity contribution is 0.311. The summed E-state index contributed by atoms with van der Waals surface area (Å²) in [7, 11) is 1.70. The first kappa shape index (κ1) is 7.76. The van der Waals surface area contributed by atoms with Crippen LogP contribution in [0.1, 0.15) is 29.4 Å². The fraction of sp³-hybridized carbons (Fsp3) is 0.462. The highest BCUT2D eigenvalue weighted by molar-refractivity contribution is 5.61. The summed E-state index contributed by atoms with van der Waals surface area (Å²) in [4.78, 5) is 0. The molecule has 1 aromatic rings. The zero-order valence-electron chi connectivity index (χ0n) is 8.53. The van der Waals surface area contributed by atoms with Gasteiger partial charge in [-0.25, -0.2) is 0 Å². The summed E-state index contributed by atoms with van der Waals surface area (Å²) in [5.74, 6) is 2.64. The molecule has 3 aliphatic carbocycles. The van der Waals surface area contributed by atoms with E-state index in [1.165, 1.54) is 17.5 Å². The zero-order valence-corrected chi connectivity index (χ0v) is 8.53. The van der Waals surface area contributed by atoms with Crippen molar-refractivity contribution in [1.29, 1.82) is 5.26 Å². The second kappa shape index (κ2) is 2.04. The lowest BCUT2D eigenvalue weighted by atomic mass is 9.71. The molecule has 0 N–H and O–H groups in total. The topological polar surface area (TPSA) is 33.0 Å². The number of hydrogen-bond donors (Lipinski definition) is 0. The molecule has 4 rings (SSSR count). The Balaban J connectivity index is 1.90. The van der Waals surface area contributed by atoms with E-state index < -0.39 is 0 Å². The number of nitriles is 1. The Kier molecular flexibility index (Phi) is 1.05. The van der Waals surface area contributed by atoms with Gasteiger partial charge in [0, 0.05) is 11.8 Å². The van der Waals surface area contributed by atoms with Gasteiger partial charge in [0.2, 0.25) is 0 Å². The number of methoxy groups -OCH3 is 1. The molecule has 3 aliphatic rings. The van der Waals surface area contributed by atoms with Crippen LogP contribution in [0, 0.1) is 22.7 Å². The van der Waals surface area contributed by atoms with E-state index in [1.54, 1.807) is 7.11 Å². The smallest absolute Gasteiger partial charge is 0.119 e. The van der Waals surface area contributed by atoms with Crippen LogP contribution < -0.4 is 4.74 Å². The monoisotopic (exact) mass is 197 g/mol. The van der Waals surface area contributed by atoms with Gasteiger partial charge in [0.15, 0.2) is 0 Å². The van der Waals surface area contributed by atoms with Crippen molar-refractivity contribution in [2.45, 2.75) is 18.3 Å². The van der Waals surface area contributed by atoms with Crippen molar-refractivity contribution in [2.75, 3.05) is 7.11 Å². The molecule has 0 saturated heterocycles.